The second kappa shape index (κ2) is 24.6. The number of carbonyl (C=O) groups is 2. The van der Waals surface area contributed by atoms with E-state index in [1.165, 1.54) is 30.1 Å². The van der Waals surface area contributed by atoms with Crippen molar-refractivity contribution < 1.29 is 101 Å². The van der Waals surface area contributed by atoms with Gasteiger partial charge in [-0.1, -0.05) is 17.5 Å². The zero-order chi connectivity index (χ0) is 62.8. The van der Waals surface area contributed by atoms with Gasteiger partial charge in [-0.15, -0.1) is 0 Å². The van der Waals surface area contributed by atoms with Crippen LogP contribution in [-0.4, -0.2) is 143 Å². The van der Waals surface area contributed by atoms with Crippen molar-refractivity contribution in [3.63, 3.8) is 0 Å². The van der Waals surface area contributed by atoms with Crippen LogP contribution in [0.25, 0.3) is 16.7 Å². The van der Waals surface area contributed by atoms with E-state index >= 15 is 0 Å². The van der Waals surface area contributed by atoms with Gasteiger partial charge in [-0.2, -0.15) is 17.0 Å². The molecule has 0 radical (unpaired) electrons. The van der Waals surface area contributed by atoms with Crippen molar-refractivity contribution in [2.24, 2.45) is 7.05 Å². The Balaban J connectivity index is 0.730. The van der Waals surface area contributed by atoms with Gasteiger partial charge in [0.15, 0.2) is 18.5 Å². The number of nitrogens with one attached hydrogen (secondary N) is 4. The average molecular weight is 1330 g/mol. The number of unbranched alkanes of at least 4 members (excludes halogenated alkanes) is 2. The Morgan fingerprint density at radius 1 is 0.864 bits per heavy atom. The van der Waals surface area contributed by atoms with Crippen LogP contribution in [0.4, 0.5) is 16.4 Å². The molecule has 6 aliphatic rings. The van der Waals surface area contributed by atoms with Crippen molar-refractivity contribution in [3.8, 4) is 11.5 Å². The van der Waals surface area contributed by atoms with Crippen molar-refractivity contribution in [2.45, 2.75) is 111 Å². The molecular formula is C51H65N10O22P3S2+2. The van der Waals surface area contributed by atoms with Gasteiger partial charge in [0.05, 0.1) is 29.0 Å². The van der Waals surface area contributed by atoms with Gasteiger partial charge in [-0.25, -0.2) is 40.8 Å². The van der Waals surface area contributed by atoms with Crippen molar-refractivity contribution in [2.75, 3.05) is 63.1 Å². The first-order chi connectivity index (χ1) is 41.6. The molecule has 32 nitrogen and oxygen atoms in total. The molecule has 5 aromatic rings. The van der Waals surface area contributed by atoms with E-state index < -0.39 is 97.2 Å². The Kier molecular flexibility index (Phi) is 17.8. The number of alkyl carbamates (subject to hydrolysis) is 1. The molecular weight excluding hydrogens is 1260 g/mol. The highest BCUT2D eigenvalue weighted by atomic mass is 32.2. The summed E-state index contributed by atoms with van der Waals surface area (Å²) in [6.07, 6.45) is 0.736. The summed E-state index contributed by atoms with van der Waals surface area (Å²) in [5.41, 5.74) is 12.0. The number of aromatic amines is 1. The third kappa shape index (κ3) is 13.3. The number of nitrogens with two attached hydrogens (primary N) is 1. The maximum atomic E-state index is 14.7. The van der Waals surface area contributed by atoms with Gasteiger partial charge in [0, 0.05) is 90.7 Å². The van der Waals surface area contributed by atoms with E-state index in [1.807, 2.05) is 0 Å². The van der Waals surface area contributed by atoms with E-state index in [9.17, 15) is 64.4 Å². The van der Waals surface area contributed by atoms with Crippen LogP contribution in [0.2, 0.25) is 0 Å². The topological polar surface area (TPSA) is 453 Å². The summed E-state index contributed by atoms with van der Waals surface area (Å²) in [4.78, 5) is 84.1. The number of nitrogen functional groups attached to an aromatic ring is 1. The van der Waals surface area contributed by atoms with Crippen molar-refractivity contribution in [1.29, 1.82) is 0 Å². The Morgan fingerprint density at radius 3 is 2.33 bits per heavy atom. The average Bonchev–Trinajstić information content (AvgIpc) is 0.846. The summed E-state index contributed by atoms with van der Waals surface area (Å²) in [7, 11) is -25.4. The third-order valence-corrected chi connectivity index (χ3v) is 22.2. The molecule has 6 atom stereocenters. The number of imidazole rings is 1. The number of ether oxygens (including phenoxy) is 3. The molecule has 37 heteroatoms. The lowest BCUT2D eigenvalue weighted by Crippen LogP contribution is -2.47. The van der Waals surface area contributed by atoms with Crippen LogP contribution < -0.4 is 56.0 Å². The van der Waals surface area contributed by atoms with Gasteiger partial charge < -0.3 is 60.2 Å². The quantitative estimate of drug-likeness (QED) is 0.0187. The van der Waals surface area contributed by atoms with Crippen LogP contribution in [-0.2, 0) is 94.0 Å². The molecule has 2 aromatic heterocycles. The molecule has 6 aliphatic heterocycles. The zero-order valence-electron chi connectivity index (χ0n) is 47.1. The molecule has 11 rings (SSSR count). The van der Waals surface area contributed by atoms with Crippen LogP contribution in [0, 0.1) is 0 Å². The van der Waals surface area contributed by atoms with Crippen molar-refractivity contribution in [1.82, 2.24) is 34.5 Å². The predicted octanol–water partition coefficient (Wildman–Crippen LogP) is 0.165. The number of carbonyl (C=O) groups excluding carboxylic acids is 2. The number of fused-ring (bicyclic) bond motifs is 5. The number of hydrogen-bond donors (Lipinski definition) is 11. The number of aromatic nitrogens is 4. The van der Waals surface area contributed by atoms with E-state index in [1.54, 1.807) is 0 Å². The monoisotopic (exact) mass is 1330 g/mol. The molecule has 1 fully saturated rings. The van der Waals surface area contributed by atoms with E-state index in [-0.39, 0.29) is 60.0 Å². The highest BCUT2D eigenvalue weighted by molar-refractivity contribution is 7.89. The number of sulfonamides is 1. The lowest BCUT2D eigenvalue weighted by atomic mass is 9.82. The van der Waals surface area contributed by atoms with Crippen LogP contribution in [0.1, 0.15) is 91.0 Å². The van der Waals surface area contributed by atoms with Crippen LogP contribution in [0.15, 0.2) is 51.2 Å². The molecule has 1 saturated heterocycles. The van der Waals surface area contributed by atoms with E-state index in [2.05, 4.69) is 55.6 Å². The van der Waals surface area contributed by atoms with Gasteiger partial charge in [0.2, 0.25) is 33.0 Å². The molecule has 0 aliphatic carbocycles. The molecule has 2 unspecified atom stereocenters. The second-order valence-corrected chi connectivity index (χ2v) is 29.6. The number of hydrogen-bond acceptors (Lipinski definition) is 20. The number of benzene rings is 3. The molecule has 2 amide bonds. The lowest BCUT2D eigenvalue weighted by Gasteiger charge is -2.39. The third-order valence-electron chi connectivity index (χ3n) is 16.0. The highest BCUT2D eigenvalue weighted by Crippen LogP contribution is 2.66. The molecule has 88 heavy (non-hydrogen) atoms. The normalized spacial score (nSPS) is 21.1. The van der Waals surface area contributed by atoms with Crippen molar-refractivity contribution >= 4 is 84.0 Å². The second-order valence-electron chi connectivity index (χ2n) is 22.0. The van der Waals surface area contributed by atoms with E-state index in [0.717, 1.165) is 121 Å². The summed E-state index contributed by atoms with van der Waals surface area (Å²) < 4.78 is 139. The number of phosphoric ester groups is 1. The Hall–Kier alpha value is -6.03. The molecule has 0 saturated carbocycles. The number of aryl methyl sites for hydroxylation is 3. The fourth-order valence-electron chi connectivity index (χ4n) is 12.5. The van der Waals surface area contributed by atoms with Gasteiger partial charge in [0.25, 0.3) is 21.6 Å². The summed E-state index contributed by atoms with van der Waals surface area (Å²) in [5.74, 6) is 0.547. The summed E-state index contributed by atoms with van der Waals surface area (Å²) >= 11 is 0. The molecule has 3 aromatic carbocycles. The Morgan fingerprint density at radius 2 is 1.58 bits per heavy atom. The first kappa shape index (κ1) is 63.5. The van der Waals surface area contributed by atoms with Crippen LogP contribution >= 0.6 is 23.5 Å². The van der Waals surface area contributed by atoms with Crippen LogP contribution in [0.5, 0.6) is 11.5 Å². The summed E-state index contributed by atoms with van der Waals surface area (Å²) in [5, 5.41) is 18.3. The van der Waals surface area contributed by atoms with Gasteiger partial charge in [0.1, 0.15) is 30.7 Å². The van der Waals surface area contributed by atoms with Gasteiger partial charge in [-0.05, 0) is 81.2 Å². The number of H-pyrrole nitrogens is 1. The van der Waals surface area contributed by atoms with E-state index in [4.69, 9.17) is 34.3 Å². The molecule has 12 N–H and O–H groups in total. The minimum absolute atomic E-state index is 0.0215. The minimum Gasteiger partial charge on any atom is -0.455 e. The zero-order valence-corrected chi connectivity index (χ0v) is 51.4. The number of rotatable bonds is 22. The van der Waals surface area contributed by atoms with Crippen molar-refractivity contribution in [3.05, 3.63) is 91.0 Å². The molecule has 8 heterocycles. The smallest absolute Gasteiger partial charge is 0.455 e. The SMILES string of the molecule is Cn1c[n+]([C@@H]2O[C@H](COP(=O)(O)OP(=O)(O)OP(=O)(O)O)[C@@H](OC(=O)NCCNC(=O)CCCCCNS(=O)(=O)c3cc(S(=O)(=O)O)ccc3C3=c4cc5c6c(c4Oc4c3cc3c7c4CCCN7CCC3)CCC[N+]=6CCC5)[C@H]2O)c2nc(N)[nH]c(=O)c21. The maximum absolute atomic E-state index is 14.7. The minimum atomic E-state index is -5.95. The summed E-state index contributed by atoms with van der Waals surface area (Å²) in [6, 6.07) is 7.85. The molecule has 0 spiro atoms. The molecule has 0 bridgehead atoms. The van der Waals surface area contributed by atoms with Gasteiger partial charge in [-0.3, -0.25) is 28.2 Å². The number of amides is 2. The predicted molar refractivity (Wildman–Crippen MR) is 307 cm³/mol. The fourth-order valence-corrected chi connectivity index (χ4v) is 17.5. The number of aliphatic hydroxyl groups excluding tert-OH is 1. The standard InChI is InChI=1S/C51H63N10O22P3S2/c1-58-27-61(47-42(58)48(64)57-50(52)56-47)49-43(63)46(36(79-49)26-78-85(69,70)83-86(71,72)82-84(66,67)68)81-51(65)54-18-17-53-38(62)13-3-2-4-16-55-87(73,74)37-25-30(88(75,76)77)14-15-31(37)39-34-23-28-9-5-19-59-21-7-11-32(40(28)59)44(34)80-45-33-12-8-22-60-20-6-10-29(41(33)60)24-35(39)45/h14-15,23-25,27,36,43,46,49,55,63H,2-13,16-22,26H2,1H3,(H8-2,52,53,54,56,57,62,64,65,66,67,68,69,70,71,72,75,76,77)/p+2/t36-,43-,46-,49-/m1/s1. The molecule has 476 valence electrons. The van der Waals surface area contributed by atoms with Crippen LogP contribution in [0.3, 0.4) is 0 Å². The van der Waals surface area contributed by atoms with Gasteiger partial charge >= 0.3 is 35.2 Å². The fraction of sp³-hybridized carbons (Fsp3) is 0.490. The van der Waals surface area contributed by atoms with E-state index in [0.29, 0.717) is 40.7 Å². The number of anilines is 2. The highest BCUT2D eigenvalue weighted by Gasteiger charge is 2.52. The number of phosphoric acid groups is 3. The lowest BCUT2D eigenvalue weighted by molar-refractivity contribution is -0.745. The maximum Gasteiger partial charge on any atom is 0.490 e. The summed E-state index contributed by atoms with van der Waals surface area (Å²) in [6.45, 7) is 1.98. The first-order valence-corrected chi connectivity index (χ1v) is 35.6. The number of nitrogens with zero attached hydrogens (tertiary/aromatic N) is 5. The Bertz CT molecular complexity index is 4270. The number of aliphatic hydroxyl groups is 1. The first-order valence-electron chi connectivity index (χ1n) is 28.2. The largest absolute Gasteiger partial charge is 0.490 e. The Labute approximate surface area is 501 Å².